The van der Waals surface area contributed by atoms with E-state index in [0.717, 1.165) is 6.07 Å². The van der Waals surface area contributed by atoms with Crippen molar-refractivity contribution in [2.75, 3.05) is 4.90 Å². The Labute approximate surface area is 173 Å². The summed E-state index contributed by atoms with van der Waals surface area (Å²) in [6, 6.07) is 5.03. The molecule has 2 heterocycles. The minimum absolute atomic E-state index is 0.0769. The van der Waals surface area contributed by atoms with Crippen molar-refractivity contribution >= 4 is 46.5 Å². The lowest BCUT2D eigenvalue weighted by atomic mass is 10.1. The van der Waals surface area contributed by atoms with Crippen LogP contribution in [0.15, 0.2) is 42.7 Å². The largest absolute Gasteiger partial charge is 0.417 e. The van der Waals surface area contributed by atoms with Gasteiger partial charge in [-0.25, -0.2) is 4.98 Å². The van der Waals surface area contributed by atoms with E-state index in [1.54, 1.807) is 30.5 Å². The lowest BCUT2D eigenvalue weighted by Crippen LogP contribution is -2.42. The third-order valence-electron chi connectivity index (χ3n) is 4.13. The molecule has 1 amide bonds. The van der Waals surface area contributed by atoms with Crippen molar-refractivity contribution in [2.45, 2.75) is 25.2 Å². The van der Waals surface area contributed by atoms with Crippen LogP contribution in [0.5, 0.6) is 0 Å². The molecule has 1 aliphatic rings. The predicted octanol–water partition coefficient (Wildman–Crippen LogP) is 5.47. The normalized spacial score (nSPS) is 16.5. The van der Waals surface area contributed by atoms with Gasteiger partial charge in [-0.3, -0.25) is 4.79 Å². The SMILES string of the molecule is O=C(NCc1ccc(Cl)cc1Cl)C1CC=CN1c1ncc(C(F)(F)F)cc1Cl. The molecule has 1 aliphatic heterocycles. The van der Waals surface area contributed by atoms with Crippen molar-refractivity contribution in [3.8, 4) is 0 Å². The van der Waals surface area contributed by atoms with Gasteiger partial charge in [-0.1, -0.05) is 46.9 Å². The van der Waals surface area contributed by atoms with E-state index in [4.69, 9.17) is 34.8 Å². The summed E-state index contributed by atoms with van der Waals surface area (Å²) >= 11 is 17.9. The molecule has 0 saturated heterocycles. The second-order valence-corrected chi connectivity index (χ2v) is 7.28. The number of pyridine rings is 1. The third-order valence-corrected chi connectivity index (χ3v) is 4.99. The Hall–Kier alpha value is -1.96. The molecule has 0 aliphatic carbocycles. The van der Waals surface area contributed by atoms with Gasteiger partial charge in [-0.15, -0.1) is 0 Å². The molecule has 2 aromatic rings. The molecule has 4 nitrogen and oxygen atoms in total. The highest BCUT2D eigenvalue weighted by atomic mass is 35.5. The smallest absolute Gasteiger partial charge is 0.350 e. The van der Waals surface area contributed by atoms with E-state index in [-0.39, 0.29) is 23.3 Å². The first-order valence-electron chi connectivity index (χ1n) is 8.06. The number of nitrogens with zero attached hydrogens (tertiary/aromatic N) is 2. The van der Waals surface area contributed by atoms with Gasteiger partial charge in [0.15, 0.2) is 5.82 Å². The number of aromatic nitrogens is 1. The first kappa shape index (κ1) is 20.8. The zero-order valence-corrected chi connectivity index (χ0v) is 16.4. The lowest BCUT2D eigenvalue weighted by molar-refractivity contribution is -0.137. The summed E-state index contributed by atoms with van der Waals surface area (Å²) in [4.78, 5) is 17.9. The fraction of sp³-hybridized carbons (Fsp3) is 0.222. The molecule has 0 fully saturated rings. The number of carbonyl (C=O) groups is 1. The number of hydrogen-bond acceptors (Lipinski definition) is 3. The van der Waals surface area contributed by atoms with Crippen LogP contribution in [0.2, 0.25) is 15.1 Å². The number of rotatable bonds is 4. The van der Waals surface area contributed by atoms with Crippen LogP contribution in [0.1, 0.15) is 17.5 Å². The molecule has 1 atom stereocenters. The molecule has 1 aromatic carbocycles. The van der Waals surface area contributed by atoms with Crippen molar-refractivity contribution in [1.29, 1.82) is 0 Å². The molecule has 0 bridgehead atoms. The van der Waals surface area contributed by atoms with E-state index in [0.29, 0.717) is 28.2 Å². The van der Waals surface area contributed by atoms with Crippen LogP contribution in [0.3, 0.4) is 0 Å². The highest BCUT2D eigenvalue weighted by Crippen LogP contribution is 2.35. The van der Waals surface area contributed by atoms with Crippen molar-refractivity contribution in [2.24, 2.45) is 0 Å². The van der Waals surface area contributed by atoms with Crippen LogP contribution >= 0.6 is 34.8 Å². The van der Waals surface area contributed by atoms with E-state index in [2.05, 4.69) is 10.3 Å². The zero-order valence-electron chi connectivity index (χ0n) is 14.1. The van der Waals surface area contributed by atoms with Gasteiger partial charge in [0.2, 0.25) is 5.91 Å². The van der Waals surface area contributed by atoms with Gasteiger partial charge in [-0.05, 0) is 30.2 Å². The number of halogens is 6. The average Bonchev–Trinajstić information content (AvgIpc) is 3.09. The van der Waals surface area contributed by atoms with Gasteiger partial charge in [0, 0.05) is 29.0 Å². The summed E-state index contributed by atoms with van der Waals surface area (Å²) in [6.45, 7) is 0.174. The molecular formula is C18H13Cl3F3N3O. The van der Waals surface area contributed by atoms with Crippen LogP contribution in [-0.4, -0.2) is 16.9 Å². The molecule has 1 N–H and O–H groups in total. The number of nitrogens with one attached hydrogen (secondary N) is 1. The Kier molecular flexibility index (Phi) is 6.07. The maximum Gasteiger partial charge on any atom is 0.417 e. The van der Waals surface area contributed by atoms with E-state index >= 15 is 0 Å². The number of hydrogen-bond donors (Lipinski definition) is 1. The Bertz CT molecular complexity index is 934. The van der Waals surface area contributed by atoms with E-state index in [9.17, 15) is 18.0 Å². The monoisotopic (exact) mass is 449 g/mol. The van der Waals surface area contributed by atoms with Crippen molar-refractivity contribution in [3.63, 3.8) is 0 Å². The summed E-state index contributed by atoms with van der Waals surface area (Å²) in [5.41, 5.74) is -0.273. The minimum Gasteiger partial charge on any atom is -0.350 e. The van der Waals surface area contributed by atoms with Gasteiger partial charge in [0.25, 0.3) is 0 Å². The number of amides is 1. The Morgan fingerprint density at radius 3 is 2.61 bits per heavy atom. The summed E-state index contributed by atoms with van der Waals surface area (Å²) in [6.07, 6.45) is -0.212. The minimum atomic E-state index is -4.55. The molecule has 0 saturated carbocycles. The summed E-state index contributed by atoms with van der Waals surface area (Å²) in [5, 5.41) is 3.46. The van der Waals surface area contributed by atoms with Crippen LogP contribution in [-0.2, 0) is 17.5 Å². The Morgan fingerprint density at radius 1 is 1.21 bits per heavy atom. The Balaban J connectivity index is 1.73. The number of carbonyl (C=O) groups excluding carboxylic acids is 1. The molecule has 148 valence electrons. The quantitative estimate of drug-likeness (QED) is 0.672. The van der Waals surface area contributed by atoms with Crippen molar-refractivity contribution in [1.82, 2.24) is 10.3 Å². The zero-order chi connectivity index (χ0) is 20.5. The van der Waals surface area contributed by atoms with Crippen molar-refractivity contribution in [3.05, 3.63) is 68.9 Å². The molecule has 0 radical (unpaired) electrons. The fourth-order valence-electron chi connectivity index (χ4n) is 2.71. The van der Waals surface area contributed by atoms with E-state index in [1.165, 1.54) is 4.90 Å². The average molecular weight is 451 g/mol. The first-order valence-corrected chi connectivity index (χ1v) is 9.19. The molecule has 0 spiro atoms. The second-order valence-electron chi connectivity index (χ2n) is 6.02. The first-order chi connectivity index (χ1) is 13.2. The maximum atomic E-state index is 12.8. The summed E-state index contributed by atoms with van der Waals surface area (Å²) < 4.78 is 38.4. The van der Waals surface area contributed by atoms with Gasteiger partial charge >= 0.3 is 6.18 Å². The predicted molar refractivity (Wildman–Crippen MR) is 103 cm³/mol. The number of benzene rings is 1. The second kappa shape index (κ2) is 8.19. The molecule has 1 aromatic heterocycles. The van der Waals surface area contributed by atoms with Crippen LogP contribution in [0.25, 0.3) is 0 Å². The highest BCUT2D eigenvalue weighted by Gasteiger charge is 2.34. The summed E-state index contributed by atoms with van der Waals surface area (Å²) in [7, 11) is 0. The van der Waals surface area contributed by atoms with Crippen LogP contribution in [0, 0.1) is 0 Å². The molecule has 10 heteroatoms. The fourth-order valence-corrected chi connectivity index (χ4v) is 3.45. The van der Waals surface area contributed by atoms with Crippen molar-refractivity contribution < 1.29 is 18.0 Å². The molecule has 3 rings (SSSR count). The molecule has 28 heavy (non-hydrogen) atoms. The van der Waals surface area contributed by atoms with E-state index < -0.39 is 17.8 Å². The van der Waals surface area contributed by atoms with Gasteiger partial charge in [0.1, 0.15) is 6.04 Å². The molecule has 1 unspecified atom stereocenters. The highest BCUT2D eigenvalue weighted by molar-refractivity contribution is 6.35. The van der Waals surface area contributed by atoms with Gasteiger partial charge in [-0.2, -0.15) is 13.2 Å². The third kappa shape index (κ3) is 4.54. The lowest BCUT2D eigenvalue weighted by Gasteiger charge is -2.25. The maximum absolute atomic E-state index is 12.8. The number of anilines is 1. The topological polar surface area (TPSA) is 45.2 Å². The van der Waals surface area contributed by atoms with Crippen LogP contribution in [0.4, 0.5) is 19.0 Å². The van der Waals surface area contributed by atoms with Crippen LogP contribution < -0.4 is 10.2 Å². The molecular weight excluding hydrogens is 438 g/mol. The van der Waals surface area contributed by atoms with Gasteiger partial charge in [0.05, 0.1) is 10.6 Å². The summed E-state index contributed by atoms with van der Waals surface area (Å²) in [5.74, 6) is -0.262. The van der Waals surface area contributed by atoms with E-state index in [1.807, 2.05) is 0 Å². The van der Waals surface area contributed by atoms with Gasteiger partial charge < -0.3 is 10.2 Å². The Morgan fingerprint density at radius 2 is 1.96 bits per heavy atom. The number of alkyl halides is 3. The standard InChI is InChI=1S/C18H13Cl3F3N3O/c19-12-4-3-10(13(20)7-12)8-26-17(28)15-2-1-5-27(15)16-14(21)6-11(9-25-16)18(22,23)24/h1,3-7,9,15H,2,8H2,(H,26,28).